The van der Waals surface area contributed by atoms with Crippen LogP contribution >= 0.6 is 0 Å². The highest BCUT2D eigenvalue weighted by atomic mass is 16.6. The Morgan fingerprint density at radius 2 is 2.12 bits per heavy atom. The molecule has 1 aromatic rings. The Bertz CT molecular complexity index is 433. The Kier molecular flexibility index (Phi) is 3.89. The van der Waals surface area contributed by atoms with Gasteiger partial charge in [-0.3, -0.25) is 10.1 Å². The fourth-order valence-corrected chi connectivity index (χ4v) is 1.40. The standard InChI is InChI=1S/C13H17NO3/c1-5-8-17-12-7-6-10(13(2,3)4)9-11(12)14(15)16/h5-7,9H,1,8H2,2-4H3. The molecule has 0 radical (unpaired) electrons. The molecule has 1 rings (SSSR count). The molecule has 4 heteroatoms. The minimum absolute atomic E-state index is 0.000671. The van der Waals surface area contributed by atoms with Gasteiger partial charge in [-0.05, 0) is 17.0 Å². The van der Waals surface area contributed by atoms with Gasteiger partial charge in [0.1, 0.15) is 6.61 Å². The Morgan fingerprint density at radius 1 is 1.47 bits per heavy atom. The maximum absolute atomic E-state index is 11.0. The number of ether oxygens (including phenoxy) is 1. The summed E-state index contributed by atoms with van der Waals surface area (Å²) < 4.78 is 5.26. The number of nitro benzene ring substituents is 1. The highest BCUT2D eigenvalue weighted by Gasteiger charge is 2.21. The van der Waals surface area contributed by atoms with Crippen molar-refractivity contribution in [2.24, 2.45) is 0 Å². The van der Waals surface area contributed by atoms with Crippen LogP contribution in [-0.2, 0) is 5.41 Å². The molecular weight excluding hydrogens is 218 g/mol. The summed E-state index contributed by atoms with van der Waals surface area (Å²) in [5.74, 6) is 0.280. The molecule has 17 heavy (non-hydrogen) atoms. The van der Waals surface area contributed by atoms with Crippen molar-refractivity contribution in [2.75, 3.05) is 6.61 Å². The lowest BCUT2D eigenvalue weighted by Crippen LogP contribution is -2.11. The zero-order chi connectivity index (χ0) is 13.1. The smallest absolute Gasteiger partial charge is 0.311 e. The molecule has 0 aliphatic rings. The van der Waals surface area contributed by atoms with E-state index in [2.05, 4.69) is 6.58 Å². The van der Waals surface area contributed by atoms with Crippen LogP contribution in [-0.4, -0.2) is 11.5 Å². The predicted octanol–water partition coefficient (Wildman–Crippen LogP) is 3.46. The monoisotopic (exact) mass is 235 g/mol. The third-order valence-electron chi connectivity index (χ3n) is 2.38. The zero-order valence-electron chi connectivity index (χ0n) is 10.4. The first kappa shape index (κ1) is 13.2. The Morgan fingerprint density at radius 3 is 2.59 bits per heavy atom. The van der Waals surface area contributed by atoms with Crippen LogP contribution in [0.3, 0.4) is 0 Å². The molecule has 0 bridgehead atoms. The largest absolute Gasteiger partial charge is 0.483 e. The van der Waals surface area contributed by atoms with Gasteiger partial charge >= 0.3 is 5.69 Å². The molecular formula is C13H17NO3. The van der Waals surface area contributed by atoms with E-state index in [1.165, 1.54) is 0 Å². The van der Waals surface area contributed by atoms with E-state index in [1.54, 1.807) is 18.2 Å². The van der Waals surface area contributed by atoms with E-state index in [4.69, 9.17) is 4.74 Å². The highest BCUT2D eigenvalue weighted by Crippen LogP contribution is 2.32. The third-order valence-corrected chi connectivity index (χ3v) is 2.38. The van der Waals surface area contributed by atoms with Gasteiger partial charge in [0.2, 0.25) is 0 Å². The van der Waals surface area contributed by atoms with Crippen molar-refractivity contribution in [1.82, 2.24) is 0 Å². The van der Waals surface area contributed by atoms with E-state index >= 15 is 0 Å². The summed E-state index contributed by atoms with van der Waals surface area (Å²) in [6.45, 7) is 9.80. The Hall–Kier alpha value is -1.84. The molecule has 1 aromatic carbocycles. The SMILES string of the molecule is C=CCOc1ccc(C(C)(C)C)cc1[N+](=O)[O-]. The molecule has 0 spiro atoms. The van der Waals surface area contributed by atoms with Gasteiger partial charge in [0.15, 0.2) is 5.75 Å². The van der Waals surface area contributed by atoms with Crippen LogP contribution in [0.5, 0.6) is 5.75 Å². The molecule has 92 valence electrons. The van der Waals surface area contributed by atoms with Crippen LogP contribution in [0.15, 0.2) is 30.9 Å². The number of nitrogens with zero attached hydrogens (tertiary/aromatic N) is 1. The summed E-state index contributed by atoms with van der Waals surface area (Å²) in [5.41, 5.74) is 0.788. The molecule has 0 fully saturated rings. The van der Waals surface area contributed by atoms with Crippen molar-refractivity contribution >= 4 is 5.69 Å². The quantitative estimate of drug-likeness (QED) is 0.456. The van der Waals surface area contributed by atoms with Crippen molar-refractivity contribution in [2.45, 2.75) is 26.2 Å². The second-order valence-electron chi connectivity index (χ2n) is 4.79. The average Bonchev–Trinajstić information content (AvgIpc) is 2.24. The van der Waals surface area contributed by atoms with Crippen LogP contribution in [0, 0.1) is 10.1 Å². The first-order valence-corrected chi connectivity index (χ1v) is 5.39. The molecule has 4 nitrogen and oxygen atoms in total. The maximum atomic E-state index is 11.0. The lowest BCUT2D eigenvalue weighted by Gasteiger charge is -2.19. The van der Waals surface area contributed by atoms with Crippen LogP contribution in [0.4, 0.5) is 5.69 Å². The van der Waals surface area contributed by atoms with E-state index in [-0.39, 0.29) is 23.5 Å². The van der Waals surface area contributed by atoms with E-state index < -0.39 is 4.92 Å². The van der Waals surface area contributed by atoms with Crippen molar-refractivity contribution in [3.05, 3.63) is 46.5 Å². The molecule has 0 amide bonds. The summed E-state index contributed by atoms with van der Waals surface area (Å²) >= 11 is 0. The van der Waals surface area contributed by atoms with Gasteiger partial charge in [-0.25, -0.2) is 0 Å². The van der Waals surface area contributed by atoms with Gasteiger partial charge in [-0.2, -0.15) is 0 Å². The topological polar surface area (TPSA) is 52.4 Å². The molecule has 0 unspecified atom stereocenters. The van der Waals surface area contributed by atoms with E-state index in [0.29, 0.717) is 0 Å². The molecule has 0 saturated heterocycles. The van der Waals surface area contributed by atoms with Gasteiger partial charge in [0.25, 0.3) is 0 Å². The van der Waals surface area contributed by atoms with Crippen LogP contribution in [0.2, 0.25) is 0 Å². The van der Waals surface area contributed by atoms with Crippen LogP contribution in [0.25, 0.3) is 0 Å². The minimum Gasteiger partial charge on any atom is -0.483 e. The van der Waals surface area contributed by atoms with Crippen molar-refractivity contribution < 1.29 is 9.66 Å². The number of nitro groups is 1. The van der Waals surface area contributed by atoms with E-state index in [0.717, 1.165) is 5.56 Å². The van der Waals surface area contributed by atoms with Crippen molar-refractivity contribution in [3.8, 4) is 5.75 Å². The normalized spacial score (nSPS) is 11.0. The van der Waals surface area contributed by atoms with Crippen molar-refractivity contribution in [3.63, 3.8) is 0 Å². The molecule has 0 aromatic heterocycles. The minimum atomic E-state index is -0.423. The molecule has 0 aliphatic carbocycles. The highest BCUT2D eigenvalue weighted by molar-refractivity contribution is 5.50. The summed E-state index contributed by atoms with van der Waals surface area (Å²) in [7, 11) is 0. The molecule has 0 aliphatic heterocycles. The Balaban J connectivity index is 3.17. The van der Waals surface area contributed by atoms with Gasteiger partial charge in [0.05, 0.1) is 4.92 Å². The molecule has 0 atom stereocenters. The van der Waals surface area contributed by atoms with Gasteiger partial charge in [0, 0.05) is 6.07 Å². The predicted molar refractivity (Wildman–Crippen MR) is 67.5 cm³/mol. The van der Waals surface area contributed by atoms with E-state index in [1.807, 2.05) is 26.8 Å². The number of rotatable bonds is 4. The van der Waals surface area contributed by atoms with Crippen LogP contribution in [0.1, 0.15) is 26.3 Å². The van der Waals surface area contributed by atoms with Crippen LogP contribution < -0.4 is 4.74 Å². The Labute approximate surface area is 101 Å². The van der Waals surface area contributed by atoms with Gasteiger partial charge in [-0.1, -0.05) is 39.5 Å². The summed E-state index contributed by atoms with van der Waals surface area (Å²) in [6.07, 6.45) is 1.56. The second-order valence-corrected chi connectivity index (χ2v) is 4.79. The number of hydrogen-bond donors (Lipinski definition) is 0. The summed E-state index contributed by atoms with van der Waals surface area (Å²) in [5, 5.41) is 11.0. The van der Waals surface area contributed by atoms with Gasteiger partial charge < -0.3 is 4.74 Å². The second kappa shape index (κ2) is 4.99. The van der Waals surface area contributed by atoms with Crippen molar-refractivity contribution in [1.29, 1.82) is 0 Å². The molecule has 0 saturated carbocycles. The summed E-state index contributed by atoms with van der Waals surface area (Å²) in [6, 6.07) is 5.06. The fraction of sp³-hybridized carbons (Fsp3) is 0.385. The summed E-state index contributed by atoms with van der Waals surface area (Å²) in [4.78, 5) is 10.5. The maximum Gasteiger partial charge on any atom is 0.311 e. The molecule has 0 heterocycles. The molecule has 0 N–H and O–H groups in total. The third kappa shape index (κ3) is 3.31. The lowest BCUT2D eigenvalue weighted by atomic mass is 9.87. The van der Waals surface area contributed by atoms with E-state index in [9.17, 15) is 10.1 Å². The average molecular weight is 235 g/mol. The van der Waals surface area contributed by atoms with Gasteiger partial charge in [-0.15, -0.1) is 0 Å². The lowest BCUT2D eigenvalue weighted by molar-refractivity contribution is -0.385. The fourth-order valence-electron chi connectivity index (χ4n) is 1.40. The zero-order valence-corrected chi connectivity index (χ0v) is 10.4. The number of benzene rings is 1. The first-order chi connectivity index (χ1) is 7.86. The number of hydrogen-bond acceptors (Lipinski definition) is 3. The first-order valence-electron chi connectivity index (χ1n) is 5.39.